The van der Waals surface area contributed by atoms with Crippen molar-refractivity contribution in [1.29, 1.82) is 0 Å². The number of nitrogens with zero attached hydrogens (tertiary/aromatic N) is 5. The van der Waals surface area contributed by atoms with E-state index in [-0.39, 0.29) is 11.2 Å². The Morgan fingerprint density at radius 1 is 1.12 bits per heavy atom. The number of fused-ring (bicyclic) bond motifs is 1. The van der Waals surface area contributed by atoms with Crippen LogP contribution in [0.25, 0.3) is 11.2 Å². The minimum Gasteiger partial charge on any atom is -0.383 e. The molecule has 0 saturated carbocycles. The van der Waals surface area contributed by atoms with Crippen LogP contribution < -0.4 is 11.2 Å². The zero-order chi connectivity index (χ0) is 19.0. The van der Waals surface area contributed by atoms with E-state index in [1.165, 1.54) is 18.0 Å². The standard InChI is InChI=1S/C18H29N5O3/c1-12-8-13(2)10-22(9-12)11-14-19-16-15(23(14)6-7-26-5)17(24)21(4)18(25)20(16)3/h12-13H,6-11H2,1-5H3/t12-,13-/m0/s1. The average molecular weight is 363 g/mol. The number of methoxy groups -OCH3 is 1. The summed E-state index contributed by atoms with van der Waals surface area (Å²) in [5.74, 6) is 2.11. The second-order valence-corrected chi connectivity index (χ2v) is 7.69. The molecule has 0 bridgehead atoms. The summed E-state index contributed by atoms with van der Waals surface area (Å²) in [6, 6.07) is 0. The molecule has 1 aliphatic heterocycles. The van der Waals surface area contributed by atoms with Crippen molar-refractivity contribution in [1.82, 2.24) is 23.6 Å². The topological polar surface area (TPSA) is 74.3 Å². The van der Waals surface area contributed by atoms with Crippen molar-refractivity contribution < 1.29 is 4.74 Å². The lowest BCUT2D eigenvalue weighted by atomic mass is 9.92. The van der Waals surface area contributed by atoms with Gasteiger partial charge in [-0.15, -0.1) is 0 Å². The van der Waals surface area contributed by atoms with Crippen LogP contribution in [0.1, 0.15) is 26.1 Å². The molecule has 0 spiro atoms. The minimum absolute atomic E-state index is 0.307. The van der Waals surface area contributed by atoms with Gasteiger partial charge in [-0.3, -0.25) is 18.8 Å². The predicted octanol–water partition coefficient (Wildman–Crippen LogP) is 0.558. The Morgan fingerprint density at radius 3 is 2.38 bits per heavy atom. The van der Waals surface area contributed by atoms with E-state index in [2.05, 4.69) is 23.7 Å². The van der Waals surface area contributed by atoms with Crippen molar-refractivity contribution in [2.24, 2.45) is 25.9 Å². The van der Waals surface area contributed by atoms with Crippen molar-refractivity contribution >= 4 is 11.2 Å². The highest BCUT2D eigenvalue weighted by atomic mass is 16.5. The van der Waals surface area contributed by atoms with Crippen LogP contribution in [0, 0.1) is 11.8 Å². The van der Waals surface area contributed by atoms with Gasteiger partial charge in [0.1, 0.15) is 5.82 Å². The van der Waals surface area contributed by atoms with E-state index >= 15 is 0 Å². The zero-order valence-electron chi connectivity index (χ0n) is 16.4. The fourth-order valence-electron chi connectivity index (χ4n) is 4.16. The van der Waals surface area contributed by atoms with Gasteiger partial charge in [0.2, 0.25) is 0 Å². The normalized spacial score (nSPS) is 21.6. The van der Waals surface area contributed by atoms with E-state index in [9.17, 15) is 9.59 Å². The Hall–Kier alpha value is -1.93. The number of piperidine rings is 1. The van der Waals surface area contributed by atoms with Crippen LogP contribution in [0.3, 0.4) is 0 Å². The molecule has 26 heavy (non-hydrogen) atoms. The fourth-order valence-corrected chi connectivity index (χ4v) is 4.16. The van der Waals surface area contributed by atoms with Gasteiger partial charge in [0, 0.05) is 40.8 Å². The molecule has 0 aromatic carbocycles. The third-order valence-electron chi connectivity index (χ3n) is 5.26. The molecule has 2 atom stereocenters. The quantitative estimate of drug-likeness (QED) is 0.776. The van der Waals surface area contributed by atoms with Gasteiger partial charge >= 0.3 is 5.69 Å². The maximum absolute atomic E-state index is 12.7. The highest BCUT2D eigenvalue weighted by Crippen LogP contribution is 2.23. The summed E-state index contributed by atoms with van der Waals surface area (Å²) in [6.45, 7) is 8.28. The summed E-state index contributed by atoms with van der Waals surface area (Å²) in [5, 5.41) is 0. The number of aryl methyl sites for hydroxylation is 1. The number of rotatable bonds is 5. The van der Waals surface area contributed by atoms with Gasteiger partial charge in [-0.05, 0) is 18.3 Å². The smallest absolute Gasteiger partial charge is 0.332 e. The van der Waals surface area contributed by atoms with Crippen LogP contribution in [0.2, 0.25) is 0 Å². The van der Waals surface area contributed by atoms with Gasteiger partial charge in [0.15, 0.2) is 11.2 Å². The van der Waals surface area contributed by atoms with Gasteiger partial charge in [0.25, 0.3) is 5.56 Å². The van der Waals surface area contributed by atoms with Crippen LogP contribution in [-0.4, -0.2) is 50.4 Å². The van der Waals surface area contributed by atoms with Gasteiger partial charge in [-0.1, -0.05) is 13.8 Å². The molecule has 1 saturated heterocycles. The Bertz CT molecular complexity index is 900. The van der Waals surface area contributed by atoms with E-state index in [1.54, 1.807) is 14.2 Å². The summed E-state index contributed by atoms with van der Waals surface area (Å²) >= 11 is 0. The van der Waals surface area contributed by atoms with Crippen LogP contribution in [0.15, 0.2) is 9.59 Å². The molecule has 0 aliphatic carbocycles. The minimum atomic E-state index is -0.356. The maximum atomic E-state index is 12.7. The second-order valence-electron chi connectivity index (χ2n) is 7.69. The van der Waals surface area contributed by atoms with Gasteiger partial charge in [0.05, 0.1) is 13.2 Å². The molecule has 3 rings (SSSR count). The highest BCUT2D eigenvalue weighted by molar-refractivity contribution is 5.71. The summed E-state index contributed by atoms with van der Waals surface area (Å²) in [4.78, 5) is 32.1. The molecule has 8 heteroatoms. The maximum Gasteiger partial charge on any atom is 0.332 e. The van der Waals surface area contributed by atoms with Crippen molar-refractivity contribution in [2.75, 3.05) is 26.8 Å². The Kier molecular flexibility index (Phi) is 5.34. The number of ether oxygens (including phenoxy) is 1. The molecular weight excluding hydrogens is 334 g/mol. The molecule has 144 valence electrons. The number of imidazole rings is 1. The molecule has 1 fully saturated rings. The number of hydrogen-bond acceptors (Lipinski definition) is 5. The first-order chi connectivity index (χ1) is 12.3. The molecular formula is C18H29N5O3. The first-order valence-electron chi connectivity index (χ1n) is 9.19. The lowest BCUT2D eigenvalue weighted by molar-refractivity contribution is 0.128. The molecule has 1 aliphatic rings. The third kappa shape index (κ3) is 3.35. The SMILES string of the molecule is COCCn1c(CN2C[C@@H](C)C[C@H](C)C2)nc2c1c(=O)n(C)c(=O)n2C. The van der Waals surface area contributed by atoms with Crippen LogP contribution in [0.5, 0.6) is 0 Å². The van der Waals surface area contributed by atoms with Crippen LogP contribution in [0.4, 0.5) is 0 Å². The third-order valence-corrected chi connectivity index (χ3v) is 5.26. The lowest BCUT2D eigenvalue weighted by Gasteiger charge is -2.34. The Labute approximate surface area is 153 Å². The predicted molar refractivity (Wildman–Crippen MR) is 100 cm³/mol. The van der Waals surface area contributed by atoms with Gasteiger partial charge < -0.3 is 9.30 Å². The van der Waals surface area contributed by atoms with Crippen molar-refractivity contribution in [3.63, 3.8) is 0 Å². The van der Waals surface area contributed by atoms with Crippen molar-refractivity contribution in [3.8, 4) is 0 Å². The number of hydrogen-bond donors (Lipinski definition) is 0. The van der Waals surface area contributed by atoms with Gasteiger partial charge in [-0.25, -0.2) is 9.78 Å². The van der Waals surface area contributed by atoms with Crippen molar-refractivity contribution in [3.05, 3.63) is 26.7 Å². The van der Waals surface area contributed by atoms with E-state index in [0.717, 1.165) is 23.5 Å². The highest BCUT2D eigenvalue weighted by Gasteiger charge is 2.25. The molecule has 0 N–H and O–H groups in total. The number of aromatic nitrogens is 4. The summed E-state index contributed by atoms with van der Waals surface area (Å²) < 4.78 is 9.74. The van der Waals surface area contributed by atoms with Crippen molar-refractivity contribution in [2.45, 2.75) is 33.4 Å². The summed E-state index contributed by atoms with van der Waals surface area (Å²) in [6.07, 6.45) is 1.24. The van der Waals surface area contributed by atoms with E-state index in [4.69, 9.17) is 4.74 Å². The largest absolute Gasteiger partial charge is 0.383 e. The molecule has 0 radical (unpaired) electrons. The molecule has 2 aromatic rings. The molecule has 8 nitrogen and oxygen atoms in total. The zero-order valence-corrected chi connectivity index (χ0v) is 16.4. The first-order valence-corrected chi connectivity index (χ1v) is 9.19. The van der Waals surface area contributed by atoms with E-state index < -0.39 is 0 Å². The molecule has 3 heterocycles. The average Bonchev–Trinajstić information content (AvgIpc) is 2.93. The fraction of sp³-hybridized carbons (Fsp3) is 0.722. The lowest BCUT2D eigenvalue weighted by Crippen LogP contribution is -2.39. The monoisotopic (exact) mass is 363 g/mol. The molecule has 0 unspecified atom stereocenters. The Balaban J connectivity index is 2.09. The second kappa shape index (κ2) is 7.36. The van der Waals surface area contributed by atoms with Crippen LogP contribution in [-0.2, 0) is 31.9 Å². The van der Waals surface area contributed by atoms with E-state index in [1.807, 2.05) is 4.57 Å². The van der Waals surface area contributed by atoms with Crippen LogP contribution >= 0.6 is 0 Å². The van der Waals surface area contributed by atoms with E-state index in [0.29, 0.717) is 42.7 Å². The van der Waals surface area contributed by atoms with Gasteiger partial charge in [-0.2, -0.15) is 0 Å². The first kappa shape index (κ1) is 18.8. The summed E-state index contributed by atoms with van der Waals surface area (Å²) in [7, 11) is 4.80. The Morgan fingerprint density at radius 2 is 1.77 bits per heavy atom. The number of likely N-dealkylation sites (tertiary alicyclic amines) is 1. The summed E-state index contributed by atoms with van der Waals surface area (Å²) in [5.41, 5.74) is 0.256. The molecule has 2 aromatic heterocycles. The molecule has 0 amide bonds.